The number of ether oxygens (including phenoxy) is 1. The zero-order valence-electron chi connectivity index (χ0n) is 12.6. The van der Waals surface area contributed by atoms with E-state index in [0.717, 1.165) is 35.7 Å². The van der Waals surface area contributed by atoms with Crippen molar-refractivity contribution in [3.8, 4) is 17.6 Å². The zero-order chi connectivity index (χ0) is 15.1. The molecule has 0 fully saturated rings. The maximum absolute atomic E-state index is 5.82. The molecule has 0 unspecified atom stereocenters. The van der Waals surface area contributed by atoms with E-state index in [0.29, 0.717) is 13.2 Å². The molecule has 110 valence electrons. The minimum Gasteiger partial charge on any atom is -0.487 e. The lowest BCUT2D eigenvalue weighted by atomic mass is 10.2. The van der Waals surface area contributed by atoms with Gasteiger partial charge < -0.3 is 10.5 Å². The third-order valence-electron chi connectivity index (χ3n) is 3.15. The highest BCUT2D eigenvalue weighted by Gasteiger charge is 2.06. The van der Waals surface area contributed by atoms with E-state index in [-0.39, 0.29) is 0 Å². The van der Waals surface area contributed by atoms with E-state index >= 15 is 0 Å². The van der Waals surface area contributed by atoms with Crippen LogP contribution in [0, 0.1) is 11.8 Å². The third-order valence-corrected chi connectivity index (χ3v) is 3.15. The smallest absolute Gasteiger partial charge is 0.130 e. The number of aryl methyl sites for hydroxylation is 2. The van der Waals surface area contributed by atoms with Crippen LogP contribution in [-0.2, 0) is 19.6 Å². The number of aromatic nitrogens is 2. The Morgan fingerprint density at radius 2 is 2.00 bits per heavy atom. The number of hydrogen-bond donors (Lipinski definition) is 1. The van der Waals surface area contributed by atoms with Crippen LogP contribution in [0.25, 0.3) is 0 Å². The SMILES string of the molecule is CCc1cc(COc2ccc(C#CCN)cc2)n(CC)n1. The quantitative estimate of drug-likeness (QED) is 0.857. The van der Waals surface area contributed by atoms with Gasteiger partial charge in [0.05, 0.1) is 17.9 Å². The topological polar surface area (TPSA) is 53.1 Å². The van der Waals surface area contributed by atoms with Crippen molar-refractivity contribution in [2.45, 2.75) is 33.4 Å². The predicted octanol–water partition coefficient (Wildman–Crippen LogP) is 2.35. The van der Waals surface area contributed by atoms with Crippen molar-refractivity contribution in [1.82, 2.24) is 9.78 Å². The van der Waals surface area contributed by atoms with Gasteiger partial charge in [-0.3, -0.25) is 4.68 Å². The second-order valence-electron chi connectivity index (χ2n) is 4.62. The zero-order valence-corrected chi connectivity index (χ0v) is 12.6. The molecule has 0 atom stereocenters. The van der Waals surface area contributed by atoms with Crippen molar-refractivity contribution in [3.05, 3.63) is 47.3 Å². The van der Waals surface area contributed by atoms with Crippen LogP contribution in [0.15, 0.2) is 30.3 Å². The molecule has 4 heteroatoms. The summed E-state index contributed by atoms with van der Waals surface area (Å²) in [5.41, 5.74) is 8.50. The van der Waals surface area contributed by atoms with Gasteiger partial charge >= 0.3 is 0 Å². The highest BCUT2D eigenvalue weighted by atomic mass is 16.5. The Kier molecular flexibility index (Phi) is 5.42. The molecule has 1 heterocycles. The Labute approximate surface area is 125 Å². The van der Waals surface area contributed by atoms with Crippen LogP contribution in [0.1, 0.15) is 30.8 Å². The Morgan fingerprint density at radius 3 is 2.62 bits per heavy atom. The van der Waals surface area contributed by atoms with Crippen LogP contribution in [0.4, 0.5) is 0 Å². The summed E-state index contributed by atoms with van der Waals surface area (Å²) >= 11 is 0. The fourth-order valence-corrected chi connectivity index (χ4v) is 2.02. The van der Waals surface area contributed by atoms with Gasteiger partial charge in [-0.15, -0.1) is 0 Å². The van der Waals surface area contributed by atoms with Gasteiger partial charge in [0.2, 0.25) is 0 Å². The average Bonchev–Trinajstić information content (AvgIpc) is 2.94. The summed E-state index contributed by atoms with van der Waals surface area (Å²) in [4.78, 5) is 0. The number of nitrogens with zero attached hydrogens (tertiary/aromatic N) is 2. The van der Waals surface area contributed by atoms with E-state index in [1.54, 1.807) is 0 Å². The lowest BCUT2D eigenvalue weighted by Gasteiger charge is -2.07. The van der Waals surface area contributed by atoms with Gasteiger partial charge in [-0.1, -0.05) is 18.8 Å². The van der Waals surface area contributed by atoms with Crippen LogP contribution >= 0.6 is 0 Å². The molecule has 1 aromatic heterocycles. The summed E-state index contributed by atoms with van der Waals surface area (Å²) in [6, 6.07) is 9.82. The number of hydrogen-bond acceptors (Lipinski definition) is 3. The van der Waals surface area contributed by atoms with Gasteiger partial charge in [-0.25, -0.2) is 0 Å². The molecular weight excluding hydrogens is 262 g/mol. The standard InChI is InChI=1S/C17H21N3O/c1-3-15-12-16(20(4-2)19-15)13-21-17-9-7-14(8-10-17)6-5-11-18/h7-10,12H,3-4,11,13,18H2,1-2H3. The third kappa shape index (κ3) is 4.11. The molecule has 0 saturated carbocycles. The molecule has 0 aliphatic carbocycles. The minimum atomic E-state index is 0.374. The number of nitrogens with two attached hydrogens (primary N) is 1. The Hall–Kier alpha value is -2.25. The number of benzene rings is 1. The monoisotopic (exact) mass is 283 g/mol. The molecule has 0 radical (unpaired) electrons. The Bertz CT molecular complexity index is 632. The van der Waals surface area contributed by atoms with Gasteiger partial charge in [-0.05, 0) is 43.7 Å². The largest absolute Gasteiger partial charge is 0.487 e. The van der Waals surface area contributed by atoms with E-state index in [4.69, 9.17) is 10.5 Å². The van der Waals surface area contributed by atoms with Gasteiger partial charge in [0.25, 0.3) is 0 Å². The van der Waals surface area contributed by atoms with E-state index in [9.17, 15) is 0 Å². The van der Waals surface area contributed by atoms with Crippen molar-refractivity contribution >= 4 is 0 Å². The molecular formula is C17H21N3O. The molecule has 0 saturated heterocycles. The Morgan fingerprint density at radius 1 is 1.24 bits per heavy atom. The highest BCUT2D eigenvalue weighted by Crippen LogP contribution is 2.14. The molecule has 0 aliphatic rings. The second kappa shape index (κ2) is 7.51. The first-order valence-corrected chi connectivity index (χ1v) is 7.24. The molecule has 0 spiro atoms. The first-order chi connectivity index (χ1) is 10.3. The fraction of sp³-hybridized carbons (Fsp3) is 0.353. The van der Waals surface area contributed by atoms with Crippen LogP contribution in [-0.4, -0.2) is 16.3 Å². The molecule has 0 aliphatic heterocycles. The van der Waals surface area contributed by atoms with Crippen molar-refractivity contribution in [2.75, 3.05) is 6.54 Å². The average molecular weight is 283 g/mol. The van der Waals surface area contributed by atoms with E-state index in [1.165, 1.54) is 0 Å². The number of rotatable bonds is 5. The lowest BCUT2D eigenvalue weighted by molar-refractivity contribution is 0.292. The first-order valence-electron chi connectivity index (χ1n) is 7.24. The van der Waals surface area contributed by atoms with Crippen LogP contribution in [0.3, 0.4) is 0 Å². The van der Waals surface area contributed by atoms with Crippen LogP contribution in [0.2, 0.25) is 0 Å². The van der Waals surface area contributed by atoms with Crippen LogP contribution < -0.4 is 10.5 Å². The predicted molar refractivity (Wildman–Crippen MR) is 84.0 cm³/mol. The van der Waals surface area contributed by atoms with Gasteiger partial charge in [-0.2, -0.15) is 5.10 Å². The summed E-state index contributed by atoms with van der Waals surface area (Å²) in [5, 5.41) is 4.51. The summed E-state index contributed by atoms with van der Waals surface area (Å²) in [7, 11) is 0. The van der Waals surface area contributed by atoms with Gasteiger partial charge in [0.1, 0.15) is 12.4 Å². The summed E-state index contributed by atoms with van der Waals surface area (Å²) in [6.45, 7) is 5.94. The molecule has 2 aromatic rings. The lowest BCUT2D eigenvalue weighted by Crippen LogP contribution is -2.06. The van der Waals surface area contributed by atoms with Crippen molar-refractivity contribution in [3.63, 3.8) is 0 Å². The van der Waals surface area contributed by atoms with Crippen LogP contribution in [0.5, 0.6) is 5.75 Å². The van der Waals surface area contributed by atoms with Crippen molar-refractivity contribution in [2.24, 2.45) is 5.73 Å². The molecule has 4 nitrogen and oxygen atoms in total. The van der Waals surface area contributed by atoms with Gasteiger partial charge in [0, 0.05) is 12.1 Å². The maximum atomic E-state index is 5.82. The second-order valence-corrected chi connectivity index (χ2v) is 4.62. The summed E-state index contributed by atoms with van der Waals surface area (Å²) in [5.74, 6) is 6.65. The normalized spacial score (nSPS) is 10.0. The van der Waals surface area contributed by atoms with E-state index in [1.807, 2.05) is 28.9 Å². The minimum absolute atomic E-state index is 0.374. The van der Waals surface area contributed by atoms with E-state index < -0.39 is 0 Å². The molecule has 2 rings (SSSR count). The maximum Gasteiger partial charge on any atom is 0.130 e. The summed E-state index contributed by atoms with van der Waals surface area (Å²) < 4.78 is 7.80. The van der Waals surface area contributed by atoms with Crippen molar-refractivity contribution in [1.29, 1.82) is 0 Å². The Balaban J connectivity index is 2.01. The highest BCUT2D eigenvalue weighted by molar-refractivity contribution is 5.38. The molecule has 2 N–H and O–H groups in total. The summed E-state index contributed by atoms with van der Waals surface area (Å²) in [6.07, 6.45) is 0.939. The molecule has 21 heavy (non-hydrogen) atoms. The molecule has 0 amide bonds. The van der Waals surface area contributed by atoms with Crippen molar-refractivity contribution < 1.29 is 4.74 Å². The van der Waals surface area contributed by atoms with E-state index in [2.05, 4.69) is 36.9 Å². The van der Waals surface area contributed by atoms with Gasteiger partial charge in [0.15, 0.2) is 0 Å². The molecule has 1 aromatic carbocycles. The fourth-order valence-electron chi connectivity index (χ4n) is 2.02. The molecule has 0 bridgehead atoms. The first kappa shape index (κ1) is 15.1.